The molecule has 0 saturated heterocycles. The van der Waals surface area contributed by atoms with Gasteiger partial charge in [-0.25, -0.2) is 4.98 Å². The second-order valence-corrected chi connectivity index (χ2v) is 3.89. The van der Waals surface area contributed by atoms with E-state index in [2.05, 4.69) is 27.6 Å². The summed E-state index contributed by atoms with van der Waals surface area (Å²) in [6, 6.07) is 5.48. The smallest absolute Gasteiger partial charge is 0.307 e. The summed E-state index contributed by atoms with van der Waals surface area (Å²) in [5.74, 6) is -0.0548. The molecule has 0 amide bonds. The maximum absolute atomic E-state index is 10.7. The van der Waals surface area contributed by atoms with Gasteiger partial charge in [0.1, 0.15) is 5.52 Å². The van der Waals surface area contributed by atoms with E-state index < -0.39 is 5.24 Å². The largest absolute Gasteiger partial charge is 0.432 e. The minimum Gasteiger partial charge on any atom is -0.432 e. The summed E-state index contributed by atoms with van der Waals surface area (Å²) < 4.78 is 6.07. The maximum atomic E-state index is 10.7. The van der Waals surface area contributed by atoms with Crippen molar-refractivity contribution in [1.29, 1.82) is 0 Å². The number of hydrogen-bond acceptors (Lipinski definition) is 3. The Balaban J connectivity index is 2.75. The number of para-hydroxylation sites is 1. The molecule has 0 radical (unpaired) electrons. The molecule has 1 aromatic heterocycles. The van der Waals surface area contributed by atoms with Crippen LogP contribution in [0.25, 0.3) is 11.1 Å². The number of nitrogens with zero attached hydrogens (tertiary/aromatic N) is 1. The highest BCUT2D eigenvalue weighted by Gasteiger charge is 2.12. The monoisotopic (exact) mass is 307 g/mol. The molecule has 0 aliphatic heterocycles. The number of halogens is 2. The first-order valence-electron chi connectivity index (χ1n) is 3.43. The number of benzene rings is 1. The lowest BCUT2D eigenvalue weighted by Crippen LogP contribution is -1.85. The summed E-state index contributed by atoms with van der Waals surface area (Å²) in [5.41, 5.74) is 1.25. The second kappa shape index (κ2) is 3.26. The summed E-state index contributed by atoms with van der Waals surface area (Å²) in [4.78, 5) is 14.7. The summed E-state index contributed by atoms with van der Waals surface area (Å²) >= 11 is 7.34. The van der Waals surface area contributed by atoms with Gasteiger partial charge in [0, 0.05) is 0 Å². The van der Waals surface area contributed by atoms with E-state index in [1.165, 1.54) is 0 Å². The van der Waals surface area contributed by atoms with Gasteiger partial charge in [0.2, 0.25) is 0 Å². The predicted octanol–water partition coefficient (Wildman–Crippen LogP) is 2.81. The van der Waals surface area contributed by atoms with Gasteiger partial charge in [0.25, 0.3) is 5.89 Å². The van der Waals surface area contributed by atoms with E-state index >= 15 is 0 Å². The van der Waals surface area contributed by atoms with Crippen molar-refractivity contribution in [3.8, 4) is 0 Å². The van der Waals surface area contributed by atoms with Crippen LogP contribution < -0.4 is 0 Å². The molecule has 0 N–H and O–H groups in total. The highest BCUT2D eigenvalue weighted by molar-refractivity contribution is 14.1. The van der Waals surface area contributed by atoms with Crippen LogP contribution in [0, 0.1) is 3.57 Å². The average Bonchev–Trinajstić information content (AvgIpc) is 2.49. The van der Waals surface area contributed by atoms with Crippen molar-refractivity contribution >= 4 is 50.5 Å². The lowest BCUT2D eigenvalue weighted by Gasteiger charge is -1.87. The van der Waals surface area contributed by atoms with Gasteiger partial charge in [-0.2, -0.15) is 0 Å². The first kappa shape index (κ1) is 8.96. The normalized spacial score (nSPS) is 10.6. The van der Waals surface area contributed by atoms with Crippen LogP contribution in [-0.4, -0.2) is 10.2 Å². The molecule has 0 spiro atoms. The van der Waals surface area contributed by atoms with Crippen molar-refractivity contribution < 1.29 is 9.21 Å². The number of fused-ring (bicyclic) bond motifs is 1. The number of oxazole rings is 1. The van der Waals surface area contributed by atoms with E-state index in [4.69, 9.17) is 16.0 Å². The lowest BCUT2D eigenvalue weighted by atomic mass is 10.3. The molecule has 0 aliphatic rings. The topological polar surface area (TPSA) is 43.1 Å². The quantitative estimate of drug-likeness (QED) is 0.601. The Morgan fingerprint density at radius 1 is 1.54 bits per heavy atom. The first-order chi connectivity index (χ1) is 6.18. The molecular weight excluding hydrogens is 304 g/mol. The molecule has 1 heterocycles. The van der Waals surface area contributed by atoms with Gasteiger partial charge in [-0.1, -0.05) is 6.07 Å². The third-order valence-electron chi connectivity index (χ3n) is 1.54. The van der Waals surface area contributed by atoms with E-state index in [0.717, 1.165) is 3.57 Å². The summed E-state index contributed by atoms with van der Waals surface area (Å²) in [5, 5.41) is -0.674. The molecule has 0 fully saturated rings. The van der Waals surface area contributed by atoms with Crippen LogP contribution in [0.1, 0.15) is 10.7 Å². The maximum Gasteiger partial charge on any atom is 0.307 e. The highest BCUT2D eigenvalue weighted by Crippen LogP contribution is 2.21. The highest BCUT2D eigenvalue weighted by atomic mass is 127. The predicted molar refractivity (Wildman–Crippen MR) is 56.9 cm³/mol. The fraction of sp³-hybridized carbons (Fsp3) is 0. The van der Waals surface area contributed by atoms with Crippen LogP contribution >= 0.6 is 34.2 Å². The molecule has 0 atom stereocenters. The number of hydrogen-bond donors (Lipinski definition) is 0. The van der Waals surface area contributed by atoms with Crippen molar-refractivity contribution in [2.75, 3.05) is 0 Å². The Hall–Kier alpha value is -0.620. The van der Waals surface area contributed by atoms with Gasteiger partial charge in [-0.15, -0.1) is 0 Å². The Kier molecular flexibility index (Phi) is 2.25. The standard InChI is InChI=1S/C8H3ClINO2/c9-7(12)8-11-5-3-1-2-4(10)6(5)13-8/h1-3H. The van der Waals surface area contributed by atoms with Crippen LogP contribution in [0.2, 0.25) is 0 Å². The number of rotatable bonds is 1. The van der Waals surface area contributed by atoms with E-state index in [1.54, 1.807) is 6.07 Å². The molecule has 0 saturated carbocycles. The molecule has 0 aliphatic carbocycles. The van der Waals surface area contributed by atoms with Crippen LogP contribution in [0.5, 0.6) is 0 Å². The molecular formula is C8H3ClINO2. The second-order valence-electron chi connectivity index (χ2n) is 2.38. The number of aromatic nitrogens is 1. The molecule has 5 heteroatoms. The van der Waals surface area contributed by atoms with Crippen molar-refractivity contribution in [2.45, 2.75) is 0 Å². The van der Waals surface area contributed by atoms with E-state index in [-0.39, 0.29) is 5.89 Å². The molecule has 2 rings (SSSR count). The van der Waals surface area contributed by atoms with Crippen LogP contribution in [0.4, 0.5) is 0 Å². The third kappa shape index (κ3) is 1.55. The van der Waals surface area contributed by atoms with Gasteiger partial charge >= 0.3 is 5.24 Å². The van der Waals surface area contributed by atoms with Gasteiger partial charge in [-0.3, -0.25) is 4.79 Å². The van der Waals surface area contributed by atoms with Crippen LogP contribution in [0.15, 0.2) is 22.6 Å². The molecule has 13 heavy (non-hydrogen) atoms. The minimum atomic E-state index is -0.674. The van der Waals surface area contributed by atoms with Gasteiger partial charge in [0.05, 0.1) is 3.57 Å². The Bertz CT molecular complexity index is 480. The zero-order valence-electron chi connectivity index (χ0n) is 6.25. The lowest BCUT2D eigenvalue weighted by molar-refractivity contribution is 0.105. The molecule has 0 bridgehead atoms. The summed E-state index contributed by atoms with van der Waals surface area (Å²) in [6.45, 7) is 0. The molecule has 0 unspecified atom stereocenters. The fourth-order valence-electron chi connectivity index (χ4n) is 1.000. The SMILES string of the molecule is O=C(Cl)c1nc2cccc(I)c2o1. The number of carbonyl (C=O) groups excluding carboxylic acids is 1. The third-order valence-corrected chi connectivity index (χ3v) is 2.55. The van der Waals surface area contributed by atoms with Gasteiger partial charge in [-0.05, 0) is 46.3 Å². The van der Waals surface area contributed by atoms with E-state index in [0.29, 0.717) is 11.1 Å². The first-order valence-corrected chi connectivity index (χ1v) is 4.89. The molecule has 2 aromatic rings. The van der Waals surface area contributed by atoms with Gasteiger partial charge in [0.15, 0.2) is 5.58 Å². The minimum absolute atomic E-state index is 0.0548. The summed E-state index contributed by atoms with van der Waals surface area (Å²) in [6.07, 6.45) is 0. The van der Waals surface area contributed by atoms with Gasteiger partial charge < -0.3 is 4.42 Å². The average molecular weight is 307 g/mol. The van der Waals surface area contributed by atoms with Crippen molar-refractivity contribution in [3.05, 3.63) is 27.7 Å². The van der Waals surface area contributed by atoms with Crippen LogP contribution in [-0.2, 0) is 0 Å². The van der Waals surface area contributed by atoms with E-state index in [1.807, 2.05) is 12.1 Å². The summed E-state index contributed by atoms with van der Waals surface area (Å²) in [7, 11) is 0. The zero-order chi connectivity index (χ0) is 9.42. The molecule has 1 aromatic carbocycles. The fourth-order valence-corrected chi connectivity index (χ4v) is 1.67. The van der Waals surface area contributed by atoms with Crippen molar-refractivity contribution in [2.24, 2.45) is 0 Å². The Labute approximate surface area is 92.2 Å². The Morgan fingerprint density at radius 2 is 2.31 bits per heavy atom. The zero-order valence-corrected chi connectivity index (χ0v) is 9.17. The van der Waals surface area contributed by atoms with Crippen LogP contribution in [0.3, 0.4) is 0 Å². The molecule has 66 valence electrons. The van der Waals surface area contributed by atoms with E-state index in [9.17, 15) is 4.79 Å². The van der Waals surface area contributed by atoms with Crippen molar-refractivity contribution in [1.82, 2.24) is 4.98 Å². The Morgan fingerprint density at radius 3 is 2.92 bits per heavy atom. The van der Waals surface area contributed by atoms with Crippen molar-refractivity contribution in [3.63, 3.8) is 0 Å². The molecule has 3 nitrogen and oxygen atoms in total. The number of carbonyl (C=O) groups is 1.